The molecule has 1 aromatic carbocycles. The predicted molar refractivity (Wildman–Crippen MR) is 82.0 cm³/mol. The van der Waals surface area contributed by atoms with Crippen LogP contribution in [0.3, 0.4) is 0 Å². The summed E-state index contributed by atoms with van der Waals surface area (Å²) in [6.45, 7) is 2.32. The standard InChI is InChI=1S/C17H21NO4/c1-2-21-16(19)11-10-15(14-8-9-14)18-17(20)22-12-13-6-4-3-5-7-13/h3-7,10-11,14-15H,2,8-9,12H2,1H3,(H,18,20). The zero-order valence-corrected chi connectivity index (χ0v) is 12.7. The maximum atomic E-state index is 11.8. The third kappa shape index (κ3) is 5.60. The fourth-order valence-electron chi connectivity index (χ4n) is 2.05. The van der Waals surface area contributed by atoms with Crippen molar-refractivity contribution in [3.05, 3.63) is 48.0 Å². The molecule has 1 N–H and O–H groups in total. The van der Waals surface area contributed by atoms with Crippen molar-refractivity contribution in [2.24, 2.45) is 5.92 Å². The van der Waals surface area contributed by atoms with Crippen molar-refractivity contribution >= 4 is 12.1 Å². The number of rotatable bonds is 7. The summed E-state index contributed by atoms with van der Waals surface area (Å²) in [4.78, 5) is 23.2. The second-order valence-electron chi connectivity index (χ2n) is 5.18. The SMILES string of the molecule is CCOC(=O)C=CC(NC(=O)OCc1ccccc1)C1CC1. The number of benzene rings is 1. The lowest BCUT2D eigenvalue weighted by Gasteiger charge is -2.14. The van der Waals surface area contributed by atoms with Gasteiger partial charge in [0.2, 0.25) is 0 Å². The normalized spacial score (nSPS) is 15.3. The lowest BCUT2D eigenvalue weighted by Crippen LogP contribution is -2.35. The van der Waals surface area contributed by atoms with Crippen LogP contribution in [0.2, 0.25) is 0 Å². The van der Waals surface area contributed by atoms with E-state index in [9.17, 15) is 9.59 Å². The van der Waals surface area contributed by atoms with E-state index in [1.165, 1.54) is 6.08 Å². The molecule has 1 fully saturated rings. The van der Waals surface area contributed by atoms with E-state index in [-0.39, 0.29) is 12.6 Å². The smallest absolute Gasteiger partial charge is 0.407 e. The Morgan fingerprint density at radius 1 is 1.27 bits per heavy atom. The number of carbonyl (C=O) groups is 2. The van der Waals surface area contributed by atoms with Crippen molar-refractivity contribution in [1.29, 1.82) is 0 Å². The first-order valence-corrected chi connectivity index (χ1v) is 7.51. The van der Waals surface area contributed by atoms with Crippen molar-refractivity contribution in [3.8, 4) is 0 Å². The summed E-state index contributed by atoms with van der Waals surface area (Å²) in [5.74, 6) is -0.0254. The number of nitrogens with one attached hydrogen (secondary N) is 1. The molecule has 1 aliphatic rings. The molecule has 0 saturated heterocycles. The van der Waals surface area contributed by atoms with Gasteiger partial charge in [0.25, 0.3) is 0 Å². The zero-order valence-electron chi connectivity index (χ0n) is 12.7. The predicted octanol–water partition coefficient (Wildman–Crippen LogP) is 2.81. The van der Waals surface area contributed by atoms with Gasteiger partial charge in [-0.2, -0.15) is 0 Å². The fourth-order valence-corrected chi connectivity index (χ4v) is 2.05. The Hall–Kier alpha value is -2.30. The molecule has 1 atom stereocenters. The zero-order chi connectivity index (χ0) is 15.8. The monoisotopic (exact) mass is 303 g/mol. The Balaban J connectivity index is 1.80. The summed E-state index contributed by atoms with van der Waals surface area (Å²) in [6, 6.07) is 9.30. The van der Waals surface area contributed by atoms with E-state index in [0.717, 1.165) is 18.4 Å². The molecule has 1 aromatic rings. The van der Waals surface area contributed by atoms with E-state index in [1.54, 1.807) is 13.0 Å². The number of hydrogen-bond acceptors (Lipinski definition) is 4. The molecular weight excluding hydrogens is 282 g/mol. The lowest BCUT2D eigenvalue weighted by atomic mass is 10.2. The quantitative estimate of drug-likeness (QED) is 0.621. The lowest BCUT2D eigenvalue weighted by molar-refractivity contribution is -0.137. The van der Waals surface area contributed by atoms with Gasteiger partial charge in [0.05, 0.1) is 12.6 Å². The average Bonchev–Trinajstić information content (AvgIpc) is 3.35. The van der Waals surface area contributed by atoms with Crippen LogP contribution >= 0.6 is 0 Å². The van der Waals surface area contributed by atoms with Crippen LogP contribution in [-0.4, -0.2) is 24.7 Å². The molecule has 1 amide bonds. The van der Waals surface area contributed by atoms with Gasteiger partial charge in [-0.1, -0.05) is 36.4 Å². The third-order valence-electron chi connectivity index (χ3n) is 3.35. The minimum Gasteiger partial charge on any atom is -0.463 e. The molecule has 1 saturated carbocycles. The Morgan fingerprint density at radius 3 is 2.64 bits per heavy atom. The molecule has 118 valence electrons. The topological polar surface area (TPSA) is 64.6 Å². The van der Waals surface area contributed by atoms with Crippen LogP contribution in [0, 0.1) is 5.92 Å². The summed E-state index contributed by atoms with van der Waals surface area (Å²) in [5, 5.41) is 2.79. The molecule has 2 rings (SSSR count). The molecule has 0 radical (unpaired) electrons. The van der Waals surface area contributed by atoms with E-state index >= 15 is 0 Å². The van der Waals surface area contributed by atoms with Gasteiger partial charge in [0, 0.05) is 6.08 Å². The Labute approximate surface area is 130 Å². The first-order chi connectivity index (χ1) is 10.7. The van der Waals surface area contributed by atoms with E-state index in [4.69, 9.17) is 9.47 Å². The van der Waals surface area contributed by atoms with Crippen LogP contribution in [-0.2, 0) is 20.9 Å². The largest absolute Gasteiger partial charge is 0.463 e. The number of alkyl carbamates (subject to hydrolysis) is 1. The molecular formula is C17H21NO4. The Bertz CT molecular complexity index is 523. The molecule has 1 aliphatic carbocycles. The molecule has 0 heterocycles. The van der Waals surface area contributed by atoms with Crippen molar-refractivity contribution in [1.82, 2.24) is 5.32 Å². The minimum absolute atomic E-state index is 0.187. The average molecular weight is 303 g/mol. The third-order valence-corrected chi connectivity index (χ3v) is 3.35. The van der Waals surface area contributed by atoms with Gasteiger partial charge in [0.1, 0.15) is 6.61 Å². The van der Waals surface area contributed by atoms with E-state index in [0.29, 0.717) is 12.5 Å². The van der Waals surface area contributed by atoms with Gasteiger partial charge in [-0.25, -0.2) is 9.59 Å². The Kier molecular flexibility index (Phi) is 6.01. The van der Waals surface area contributed by atoms with Gasteiger partial charge in [0.15, 0.2) is 0 Å². The van der Waals surface area contributed by atoms with Crippen LogP contribution in [0.1, 0.15) is 25.3 Å². The van der Waals surface area contributed by atoms with Gasteiger partial charge in [-0.15, -0.1) is 0 Å². The van der Waals surface area contributed by atoms with Crippen molar-refractivity contribution in [2.45, 2.75) is 32.4 Å². The van der Waals surface area contributed by atoms with Crippen molar-refractivity contribution < 1.29 is 19.1 Å². The van der Waals surface area contributed by atoms with E-state index in [1.807, 2.05) is 30.3 Å². The van der Waals surface area contributed by atoms with Gasteiger partial charge < -0.3 is 14.8 Å². The summed E-state index contributed by atoms with van der Waals surface area (Å²) in [7, 11) is 0. The first kappa shape index (κ1) is 16.1. The second kappa shape index (κ2) is 8.22. The van der Waals surface area contributed by atoms with Crippen LogP contribution in [0.25, 0.3) is 0 Å². The van der Waals surface area contributed by atoms with Gasteiger partial charge in [-0.3, -0.25) is 0 Å². The fraction of sp³-hybridized carbons (Fsp3) is 0.412. The highest BCUT2D eigenvalue weighted by atomic mass is 16.5. The first-order valence-electron chi connectivity index (χ1n) is 7.51. The highest BCUT2D eigenvalue weighted by Gasteiger charge is 2.31. The van der Waals surface area contributed by atoms with Crippen LogP contribution in [0.15, 0.2) is 42.5 Å². The molecule has 5 nitrogen and oxygen atoms in total. The van der Waals surface area contributed by atoms with Crippen LogP contribution < -0.4 is 5.32 Å². The van der Waals surface area contributed by atoms with Gasteiger partial charge in [-0.05, 0) is 31.2 Å². The molecule has 5 heteroatoms. The van der Waals surface area contributed by atoms with Crippen molar-refractivity contribution in [3.63, 3.8) is 0 Å². The molecule has 0 aliphatic heterocycles. The summed E-state index contributed by atoms with van der Waals surface area (Å²) < 4.78 is 10.0. The van der Waals surface area contributed by atoms with E-state index < -0.39 is 12.1 Å². The van der Waals surface area contributed by atoms with Crippen LogP contribution in [0.4, 0.5) is 4.79 Å². The maximum absolute atomic E-state index is 11.8. The highest BCUT2D eigenvalue weighted by molar-refractivity contribution is 5.82. The molecule has 0 aromatic heterocycles. The molecule has 1 unspecified atom stereocenters. The van der Waals surface area contributed by atoms with Crippen molar-refractivity contribution in [2.75, 3.05) is 6.61 Å². The van der Waals surface area contributed by atoms with E-state index in [2.05, 4.69) is 5.32 Å². The number of esters is 1. The minimum atomic E-state index is -0.478. The summed E-state index contributed by atoms with van der Waals surface area (Å²) in [5.41, 5.74) is 0.933. The second-order valence-corrected chi connectivity index (χ2v) is 5.18. The van der Waals surface area contributed by atoms with Gasteiger partial charge >= 0.3 is 12.1 Å². The number of ether oxygens (including phenoxy) is 2. The summed E-state index contributed by atoms with van der Waals surface area (Å²) in [6.07, 6.45) is 4.64. The molecule has 22 heavy (non-hydrogen) atoms. The highest BCUT2D eigenvalue weighted by Crippen LogP contribution is 2.33. The maximum Gasteiger partial charge on any atom is 0.407 e. The number of hydrogen-bond donors (Lipinski definition) is 1. The summed E-state index contributed by atoms with van der Waals surface area (Å²) >= 11 is 0. The Morgan fingerprint density at radius 2 is 2.00 bits per heavy atom. The number of carbonyl (C=O) groups excluding carboxylic acids is 2. The van der Waals surface area contributed by atoms with Crippen LogP contribution in [0.5, 0.6) is 0 Å². The molecule has 0 bridgehead atoms. The number of amides is 1. The molecule has 0 spiro atoms.